The van der Waals surface area contributed by atoms with E-state index in [0.29, 0.717) is 24.4 Å². The van der Waals surface area contributed by atoms with Gasteiger partial charge in [0.15, 0.2) is 0 Å². The molecule has 19 heavy (non-hydrogen) atoms. The quantitative estimate of drug-likeness (QED) is 0.806. The molecule has 0 amide bonds. The molecule has 1 aromatic rings. The van der Waals surface area contributed by atoms with E-state index in [2.05, 4.69) is 4.72 Å². The number of hydrogen-bond acceptors (Lipinski definition) is 3. The number of sulfonamides is 1. The van der Waals surface area contributed by atoms with Gasteiger partial charge in [-0.15, -0.1) is 0 Å². The van der Waals surface area contributed by atoms with Crippen molar-refractivity contribution in [2.45, 2.75) is 43.6 Å². The lowest BCUT2D eigenvalue weighted by atomic mass is 10.1. The van der Waals surface area contributed by atoms with Gasteiger partial charge < -0.3 is 5.11 Å². The van der Waals surface area contributed by atoms with Gasteiger partial charge >= 0.3 is 0 Å². The summed E-state index contributed by atoms with van der Waals surface area (Å²) in [7, 11) is -3.45. The second-order valence-electron chi connectivity index (χ2n) is 5.13. The van der Waals surface area contributed by atoms with Gasteiger partial charge in [0, 0.05) is 6.54 Å². The highest BCUT2D eigenvalue weighted by Crippen LogP contribution is 2.31. The number of benzene rings is 1. The topological polar surface area (TPSA) is 66.4 Å². The molecule has 0 radical (unpaired) electrons. The lowest BCUT2D eigenvalue weighted by Gasteiger charge is -2.11. The molecule has 1 atom stereocenters. The number of hydrogen-bond donors (Lipinski definition) is 2. The van der Waals surface area contributed by atoms with Crippen molar-refractivity contribution in [2.75, 3.05) is 6.54 Å². The average molecular weight is 283 g/mol. The van der Waals surface area contributed by atoms with Crippen molar-refractivity contribution >= 4 is 10.0 Å². The van der Waals surface area contributed by atoms with Crippen LogP contribution in [0.5, 0.6) is 0 Å². The zero-order valence-electron chi connectivity index (χ0n) is 11.2. The van der Waals surface area contributed by atoms with Crippen molar-refractivity contribution in [3.05, 3.63) is 29.8 Å². The van der Waals surface area contributed by atoms with E-state index in [-0.39, 0.29) is 4.90 Å². The molecule has 0 spiro atoms. The standard InChI is InChI=1S/C14H21NO3S/c1-2-14(16)12-4-3-5-13(10-12)19(17,18)15-9-8-11-6-7-11/h3-5,10-11,14-16H,2,6-9H2,1H3. The molecule has 5 heteroatoms. The summed E-state index contributed by atoms with van der Waals surface area (Å²) in [5, 5.41) is 9.76. The van der Waals surface area contributed by atoms with E-state index in [0.717, 1.165) is 6.42 Å². The number of aliphatic hydroxyl groups excluding tert-OH is 1. The van der Waals surface area contributed by atoms with Gasteiger partial charge in [0.2, 0.25) is 10.0 Å². The Balaban J connectivity index is 2.05. The van der Waals surface area contributed by atoms with Gasteiger partial charge in [0.1, 0.15) is 0 Å². The Morgan fingerprint density at radius 3 is 2.79 bits per heavy atom. The van der Waals surface area contributed by atoms with Crippen molar-refractivity contribution in [3.63, 3.8) is 0 Å². The second-order valence-corrected chi connectivity index (χ2v) is 6.89. The summed E-state index contributed by atoms with van der Waals surface area (Å²) in [4.78, 5) is 0.230. The minimum absolute atomic E-state index is 0.230. The predicted octanol–water partition coefficient (Wildman–Crippen LogP) is 2.21. The average Bonchev–Trinajstić information content (AvgIpc) is 3.22. The first-order valence-corrected chi connectivity index (χ1v) is 8.29. The molecule has 0 bridgehead atoms. The Bertz CT molecular complexity index is 523. The molecule has 2 N–H and O–H groups in total. The van der Waals surface area contributed by atoms with Gasteiger partial charge in [-0.2, -0.15) is 0 Å². The molecule has 4 nitrogen and oxygen atoms in total. The first-order chi connectivity index (χ1) is 9.03. The first-order valence-electron chi connectivity index (χ1n) is 6.80. The molecule has 1 unspecified atom stereocenters. The zero-order valence-corrected chi connectivity index (χ0v) is 12.0. The summed E-state index contributed by atoms with van der Waals surface area (Å²) in [6.45, 7) is 2.35. The van der Waals surface area contributed by atoms with E-state index < -0.39 is 16.1 Å². The maximum absolute atomic E-state index is 12.1. The van der Waals surface area contributed by atoms with Gasteiger partial charge in [0.05, 0.1) is 11.0 Å². The fourth-order valence-electron chi connectivity index (χ4n) is 2.01. The molecular formula is C14H21NO3S. The van der Waals surface area contributed by atoms with Gasteiger partial charge in [-0.1, -0.05) is 31.9 Å². The van der Waals surface area contributed by atoms with Crippen LogP contribution in [0.3, 0.4) is 0 Å². The van der Waals surface area contributed by atoms with Crippen molar-refractivity contribution in [3.8, 4) is 0 Å². The molecule has 1 saturated carbocycles. The van der Waals surface area contributed by atoms with Gasteiger partial charge in [-0.25, -0.2) is 13.1 Å². The monoisotopic (exact) mass is 283 g/mol. The molecule has 1 aliphatic carbocycles. The summed E-state index contributed by atoms with van der Waals surface area (Å²) in [5.41, 5.74) is 0.646. The number of rotatable bonds is 7. The summed E-state index contributed by atoms with van der Waals surface area (Å²) in [6.07, 6.45) is 3.32. The highest BCUT2D eigenvalue weighted by Gasteiger charge is 2.22. The normalized spacial score (nSPS) is 17.4. The third-order valence-corrected chi connectivity index (χ3v) is 4.94. The molecule has 1 fully saturated rings. The van der Waals surface area contributed by atoms with Gasteiger partial charge in [-0.05, 0) is 36.5 Å². The molecule has 1 aromatic carbocycles. The van der Waals surface area contributed by atoms with Crippen LogP contribution in [0.4, 0.5) is 0 Å². The van der Waals surface area contributed by atoms with Crippen LogP contribution in [-0.4, -0.2) is 20.1 Å². The molecule has 1 aliphatic rings. The van der Waals surface area contributed by atoms with E-state index in [4.69, 9.17) is 0 Å². The fourth-order valence-corrected chi connectivity index (χ4v) is 3.11. The first kappa shape index (κ1) is 14.5. The van der Waals surface area contributed by atoms with Crippen LogP contribution in [0.15, 0.2) is 29.2 Å². The second kappa shape index (κ2) is 6.03. The van der Waals surface area contributed by atoms with Crippen LogP contribution in [0, 0.1) is 5.92 Å². The van der Waals surface area contributed by atoms with E-state index in [1.54, 1.807) is 24.3 Å². The third kappa shape index (κ3) is 4.03. The molecule has 2 rings (SSSR count). The van der Waals surface area contributed by atoms with Crippen LogP contribution in [0.2, 0.25) is 0 Å². The summed E-state index contributed by atoms with van der Waals surface area (Å²) < 4.78 is 26.8. The lowest BCUT2D eigenvalue weighted by molar-refractivity contribution is 0.173. The predicted molar refractivity (Wildman–Crippen MR) is 74.2 cm³/mol. The summed E-state index contributed by atoms with van der Waals surface area (Å²) in [6, 6.07) is 6.53. The Hall–Kier alpha value is -0.910. The Kier molecular flexibility index (Phi) is 4.60. The maximum atomic E-state index is 12.1. The fraction of sp³-hybridized carbons (Fsp3) is 0.571. The van der Waals surface area contributed by atoms with Crippen molar-refractivity contribution < 1.29 is 13.5 Å². The third-order valence-electron chi connectivity index (χ3n) is 3.48. The highest BCUT2D eigenvalue weighted by molar-refractivity contribution is 7.89. The Morgan fingerprint density at radius 2 is 2.16 bits per heavy atom. The Morgan fingerprint density at radius 1 is 1.42 bits per heavy atom. The van der Waals surface area contributed by atoms with Crippen LogP contribution >= 0.6 is 0 Å². The summed E-state index contributed by atoms with van der Waals surface area (Å²) >= 11 is 0. The lowest BCUT2D eigenvalue weighted by Crippen LogP contribution is -2.25. The van der Waals surface area contributed by atoms with E-state index in [9.17, 15) is 13.5 Å². The van der Waals surface area contributed by atoms with Crippen molar-refractivity contribution in [2.24, 2.45) is 5.92 Å². The van der Waals surface area contributed by atoms with Crippen molar-refractivity contribution in [1.82, 2.24) is 4.72 Å². The van der Waals surface area contributed by atoms with Crippen LogP contribution in [0.1, 0.15) is 44.3 Å². The highest BCUT2D eigenvalue weighted by atomic mass is 32.2. The SMILES string of the molecule is CCC(O)c1cccc(S(=O)(=O)NCCC2CC2)c1. The van der Waals surface area contributed by atoms with Crippen molar-refractivity contribution in [1.29, 1.82) is 0 Å². The van der Waals surface area contributed by atoms with E-state index in [1.807, 2.05) is 6.92 Å². The zero-order chi connectivity index (χ0) is 13.9. The number of aliphatic hydroxyl groups is 1. The molecule has 0 heterocycles. The molecular weight excluding hydrogens is 262 g/mol. The van der Waals surface area contributed by atoms with Gasteiger partial charge in [-0.3, -0.25) is 0 Å². The molecule has 0 aliphatic heterocycles. The molecule has 106 valence electrons. The van der Waals surface area contributed by atoms with Gasteiger partial charge in [0.25, 0.3) is 0 Å². The minimum atomic E-state index is -3.45. The smallest absolute Gasteiger partial charge is 0.240 e. The molecule has 0 aromatic heterocycles. The van der Waals surface area contributed by atoms with Crippen LogP contribution < -0.4 is 4.72 Å². The molecule has 0 saturated heterocycles. The Labute approximate surface area is 114 Å². The maximum Gasteiger partial charge on any atom is 0.240 e. The van der Waals surface area contributed by atoms with Crippen LogP contribution in [-0.2, 0) is 10.0 Å². The van der Waals surface area contributed by atoms with E-state index in [1.165, 1.54) is 12.8 Å². The van der Waals surface area contributed by atoms with E-state index >= 15 is 0 Å². The largest absolute Gasteiger partial charge is 0.388 e. The van der Waals surface area contributed by atoms with Crippen LogP contribution in [0.25, 0.3) is 0 Å². The summed E-state index contributed by atoms with van der Waals surface area (Å²) in [5.74, 6) is 0.705. The minimum Gasteiger partial charge on any atom is -0.388 e. The number of nitrogens with one attached hydrogen (secondary N) is 1.